The van der Waals surface area contributed by atoms with Gasteiger partial charge in [-0.15, -0.1) is 0 Å². The van der Waals surface area contributed by atoms with E-state index in [4.69, 9.17) is 21.8 Å². The maximum absolute atomic E-state index is 6.25. The fourth-order valence-corrected chi connectivity index (χ4v) is 2.51. The van der Waals surface area contributed by atoms with Crippen molar-refractivity contribution in [3.05, 3.63) is 70.4 Å². The van der Waals surface area contributed by atoms with Crippen LogP contribution in [0.3, 0.4) is 0 Å². The molecule has 1 atom stereocenters. The highest BCUT2D eigenvalue weighted by atomic mass is 35.5. The maximum atomic E-state index is 6.25. The van der Waals surface area contributed by atoms with E-state index in [2.05, 4.69) is 0 Å². The van der Waals surface area contributed by atoms with Crippen LogP contribution in [0.5, 0.6) is 0 Å². The third kappa shape index (κ3) is 2.58. The van der Waals surface area contributed by atoms with Crippen molar-refractivity contribution in [2.75, 3.05) is 0 Å². The van der Waals surface area contributed by atoms with Crippen molar-refractivity contribution in [2.24, 2.45) is 5.73 Å². The fraction of sp³-hybridized carbons (Fsp3) is 0.176. The number of hydrogen-bond donors (Lipinski definition) is 1. The highest BCUT2D eigenvalue weighted by Gasteiger charge is 2.13. The lowest BCUT2D eigenvalue weighted by Gasteiger charge is -2.08. The Labute approximate surface area is 123 Å². The van der Waals surface area contributed by atoms with Gasteiger partial charge in [-0.25, -0.2) is 0 Å². The first-order chi connectivity index (χ1) is 9.63. The summed E-state index contributed by atoms with van der Waals surface area (Å²) in [5.41, 5.74) is 9.46. The molecule has 0 spiro atoms. The molecule has 0 amide bonds. The molecular weight excluding hydrogens is 270 g/mol. The number of fused-ring (bicyclic) bond motifs is 1. The van der Waals surface area contributed by atoms with Gasteiger partial charge in [0.05, 0.1) is 6.04 Å². The van der Waals surface area contributed by atoms with Crippen LogP contribution in [0, 0.1) is 6.92 Å². The molecular formula is C17H16ClNO. The van der Waals surface area contributed by atoms with Gasteiger partial charge in [0.15, 0.2) is 0 Å². The van der Waals surface area contributed by atoms with Crippen LogP contribution in [0.25, 0.3) is 11.0 Å². The lowest BCUT2D eigenvalue weighted by atomic mass is 10.0. The van der Waals surface area contributed by atoms with Gasteiger partial charge in [-0.1, -0.05) is 41.9 Å². The number of halogens is 1. The van der Waals surface area contributed by atoms with Gasteiger partial charge in [-0.05, 0) is 42.7 Å². The van der Waals surface area contributed by atoms with Gasteiger partial charge >= 0.3 is 0 Å². The quantitative estimate of drug-likeness (QED) is 0.761. The summed E-state index contributed by atoms with van der Waals surface area (Å²) < 4.78 is 5.91. The smallest absolute Gasteiger partial charge is 0.137 e. The Hall–Kier alpha value is -1.77. The van der Waals surface area contributed by atoms with Crippen molar-refractivity contribution in [3.8, 4) is 0 Å². The highest BCUT2D eigenvalue weighted by molar-refractivity contribution is 6.30. The van der Waals surface area contributed by atoms with Crippen molar-refractivity contribution in [3.63, 3.8) is 0 Å². The second-order valence-electron chi connectivity index (χ2n) is 5.08. The average Bonchev–Trinajstić information content (AvgIpc) is 2.87. The number of nitrogens with two attached hydrogens (primary N) is 1. The zero-order valence-electron chi connectivity index (χ0n) is 11.3. The molecule has 102 valence electrons. The molecule has 0 aliphatic carbocycles. The first kappa shape index (κ1) is 13.2. The van der Waals surface area contributed by atoms with Crippen LogP contribution in [-0.4, -0.2) is 0 Å². The number of furan rings is 1. The molecule has 0 saturated carbocycles. The molecule has 0 aliphatic heterocycles. The van der Waals surface area contributed by atoms with E-state index in [1.165, 1.54) is 0 Å². The lowest BCUT2D eigenvalue weighted by Crippen LogP contribution is -2.12. The Morgan fingerprint density at radius 3 is 2.60 bits per heavy atom. The molecule has 0 saturated heterocycles. The first-order valence-corrected chi connectivity index (χ1v) is 7.00. The van der Waals surface area contributed by atoms with Crippen molar-refractivity contribution >= 4 is 22.6 Å². The van der Waals surface area contributed by atoms with Crippen LogP contribution in [0.2, 0.25) is 5.02 Å². The SMILES string of the molecule is Cc1cccc2cc(C(N)Cc3ccc(Cl)cc3)oc12. The second-order valence-corrected chi connectivity index (χ2v) is 5.52. The highest BCUT2D eigenvalue weighted by Crippen LogP contribution is 2.27. The molecule has 2 aromatic carbocycles. The van der Waals surface area contributed by atoms with Gasteiger partial charge in [0, 0.05) is 10.4 Å². The summed E-state index contributed by atoms with van der Waals surface area (Å²) in [4.78, 5) is 0. The third-order valence-electron chi connectivity index (χ3n) is 3.49. The Morgan fingerprint density at radius 1 is 1.15 bits per heavy atom. The lowest BCUT2D eigenvalue weighted by molar-refractivity contribution is 0.493. The molecule has 2 N–H and O–H groups in total. The van der Waals surface area contributed by atoms with Gasteiger partial charge in [0.1, 0.15) is 11.3 Å². The number of benzene rings is 2. The molecule has 20 heavy (non-hydrogen) atoms. The number of hydrogen-bond acceptors (Lipinski definition) is 2. The molecule has 3 rings (SSSR count). The van der Waals surface area contributed by atoms with E-state index in [0.29, 0.717) is 0 Å². The summed E-state index contributed by atoms with van der Waals surface area (Å²) >= 11 is 5.89. The standard InChI is InChI=1S/C17H16ClNO/c1-11-3-2-4-13-10-16(20-17(11)13)15(19)9-12-5-7-14(18)8-6-12/h2-8,10,15H,9,19H2,1H3. The molecule has 0 aliphatic rings. The molecule has 0 radical (unpaired) electrons. The largest absolute Gasteiger partial charge is 0.459 e. The normalized spacial score (nSPS) is 12.8. The van der Waals surface area contributed by atoms with Gasteiger partial charge in [0.2, 0.25) is 0 Å². The van der Waals surface area contributed by atoms with Crippen LogP contribution in [0.15, 0.2) is 52.9 Å². The minimum absolute atomic E-state index is 0.150. The molecule has 3 aromatic rings. The van der Waals surface area contributed by atoms with E-state index < -0.39 is 0 Å². The summed E-state index contributed by atoms with van der Waals surface area (Å²) in [6.07, 6.45) is 0.732. The molecule has 0 fully saturated rings. The second kappa shape index (κ2) is 5.31. The number of rotatable bonds is 3. The van der Waals surface area contributed by atoms with Gasteiger partial charge in [-0.3, -0.25) is 0 Å². The summed E-state index contributed by atoms with van der Waals surface area (Å²) in [7, 11) is 0. The Morgan fingerprint density at radius 2 is 1.90 bits per heavy atom. The van der Waals surface area contributed by atoms with Crippen LogP contribution < -0.4 is 5.73 Å². The topological polar surface area (TPSA) is 39.2 Å². The van der Waals surface area contributed by atoms with Crippen molar-refractivity contribution in [2.45, 2.75) is 19.4 Å². The zero-order chi connectivity index (χ0) is 14.1. The molecule has 1 aromatic heterocycles. The van der Waals surface area contributed by atoms with Crippen molar-refractivity contribution < 1.29 is 4.42 Å². The van der Waals surface area contributed by atoms with Crippen LogP contribution >= 0.6 is 11.6 Å². The summed E-state index contributed by atoms with van der Waals surface area (Å²) in [5.74, 6) is 0.823. The van der Waals surface area contributed by atoms with E-state index in [1.54, 1.807) is 0 Å². The fourth-order valence-electron chi connectivity index (χ4n) is 2.39. The minimum atomic E-state index is -0.150. The summed E-state index contributed by atoms with van der Waals surface area (Å²) in [6.45, 7) is 2.04. The molecule has 0 bridgehead atoms. The minimum Gasteiger partial charge on any atom is -0.459 e. The molecule has 1 unspecified atom stereocenters. The van der Waals surface area contributed by atoms with E-state index in [-0.39, 0.29) is 6.04 Å². The third-order valence-corrected chi connectivity index (χ3v) is 3.75. The predicted molar refractivity (Wildman–Crippen MR) is 83.0 cm³/mol. The van der Waals surface area contributed by atoms with E-state index in [1.807, 2.05) is 55.5 Å². The Kier molecular flexibility index (Phi) is 3.51. The first-order valence-electron chi connectivity index (χ1n) is 6.62. The monoisotopic (exact) mass is 285 g/mol. The predicted octanol–water partition coefficient (Wildman–Crippen LogP) is 4.64. The molecule has 2 nitrogen and oxygen atoms in total. The van der Waals surface area contributed by atoms with Gasteiger partial charge in [-0.2, -0.15) is 0 Å². The maximum Gasteiger partial charge on any atom is 0.137 e. The summed E-state index contributed by atoms with van der Waals surface area (Å²) in [5, 5.41) is 1.84. The molecule has 3 heteroatoms. The van der Waals surface area contributed by atoms with Crippen LogP contribution in [0.4, 0.5) is 0 Å². The average molecular weight is 286 g/mol. The Bertz CT molecular complexity index is 730. The number of para-hydroxylation sites is 1. The van der Waals surface area contributed by atoms with Gasteiger partial charge in [0.25, 0.3) is 0 Å². The summed E-state index contributed by atoms with van der Waals surface area (Å²) in [6, 6.07) is 15.8. The van der Waals surface area contributed by atoms with Gasteiger partial charge < -0.3 is 10.2 Å². The number of aryl methyl sites for hydroxylation is 1. The molecule has 1 heterocycles. The van der Waals surface area contributed by atoms with E-state index in [9.17, 15) is 0 Å². The van der Waals surface area contributed by atoms with E-state index in [0.717, 1.165) is 39.3 Å². The van der Waals surface area contributed by atoms with Crippen molar-refractivity contribution in [1.29, 1.82) is 0 Å². The van der Waals surface area contributed by atoms with E-state index >= 15 is 0 Å². The zero-order valence-corrected chi connectivity index (χ0v) is 12.0. The Balaban J connectivity index is 1.86. The van der Waals surface area contributed by atoms with Crippen LogP contribution in [0.1, 0.15) is 22.9 Å². The van der Waals surface area contributed by atoms with Crippen molar-refractivity contribution in [1.82, 2.24) is 0 Å². The van der Waals surface area contributed by atoms with Crippen LogP contribution in [-0.2, 0) is 6.42 Å².